The fourth-order valence-electron chi connectivity index (χ4n) is 4.90. The summed E-state index contributed by atoms with van der Waals surface area (Å²) >= 11 is 3.84. The molecule has 0 amide bonds. The van der Waals surface area contributed by atoms with Crippen LogP contribution in [0.3, 0.4) is 0 Å². The van der Waals surface area contributed by atoms with Crippen LogP contribution in [0.1, 0.15) is 85.0 Å². The summed E-state index contributed by atoms with van der Waals surface area (Å²) in [4.78, 5) is 0.462. The lowest BCUT2D eigenvalue weighted by Gasteiger charge is -2.25. The van der Waals surface area contributed by atoms with Crippen molar-refractivity contribution in [1.82, 2.24) is 0 Å². The fraction of sp³-hybridized carbons (Fsp3) is 1.00. The zero-order valence-corrected chi connectivity index (χ0v) is 17.9. The molecule has 8 atom stereocenters. The normalized spacial score (nSPS) is 35.5. The first-order chi connectivity index (χ1) is 12.0. The van der Waals surface area contributed by atoms with E-state index in [4.69, 9.17) is 4.74 Å². The van der Waals surface area contributed by atoms with Gasteiger partial charge in [0.05, 0.1) is 18.3 Å². The number of ether oxygens (including phenoxy) is 1. The van der Waals surface area contributed by atoms with Crippen LogP contribution < -0.4 is 0 Å². The predicted octanol–water partition coefficient (Wildman–Crippen LogP) is 6.04. The summed E-state index contributed by atoms with van der Waals surface area (Å²) in [5, 5.41) is 10.2. The second kappa shape index (κ2) is 10.6. The van der Waals surface area contributed by atoms with E-state index in [1.807, 2.05) is 0 Å². The van der Waals surface area contributed by atoms with Gasteiger partial charge >= 0.3 is 0 Å². The Balaban J connectivity index is 1.81. The molecular weight excluding hydrogens is 383 g/mol. The lowest BCUT2D eigenvalue weighted by molar-refractivity contribution is 0.0364. The average Bonchev–Trinajstić information content (AvgIpc) is 3.12. The number of rotatable bonds is 11. The molecule has 0 aromatic heterocycles. The van der Waals surface area contributed by atoms with E-state index in [0.717, 1.165) is 32.1 Å². The van der Waals surface area contributed by atoms with Crippen molar-refractivity contribution in [2.45, 2.75) is 114 Å². The summed E-state index contributed by atoms with van der Waals surface area (Å²) in [6.07, 6.45) is 8.66. The average molecular weight is 421 g/mol. The third kappa shape index (κ3) is 5.90. The molecule has 0 aromatic carbocycles. The van der Waals surface area contributed by atoms with Gasteiger partial charge in [-0.3, -0.25) is 0 Å². The van der Waals surface area contributed by atoms with Crippen LogP contribution in [0.4, 0.5) is 4.39 Å². The minimum Gasteiger partial charge on any atom is -0.390 e. The van der Waals surface area contributed by atoms with E-state index in [-0.39, 0.29) is 0 Å². The third-order valence-corrected chi connectivity index (χ3v) is 7.55. The lowest BCUT2D eigenvalue weighted by Crippen LogP contribution is -2.25. The van der Waals surface area contributed by atoms with E-state index in [1.54, 1.807) is 0 Å². The molecule has 8 unspecified atom stereocenters. The molecule has 1 N–H and O–H groups in total. The van der Waals surface area contributed by atoms with Gasteiger partial charge in [0, 0.05) is 4.83 Å². The highest BCUT2D eigenvalue weighted by molar-refractivity contribution is 9.09. The van der Waals surface area contributed by atoms with Gasteiger partial charge in [-0.05, 0) is 56.3 Å². The molecule has 0 radical (unpaired) electrons. The van der Waals surface area contributed by atoms with Gasteiger partial charge in [0.25, 0.3) is 0 Å². The number of aliphatic hydroxyl groups excluding tert-OH is 1. The lowest BCUT2D eigenvalue weighted by atomic mass is 9.82. The Labute approximate surface area is 162 Å². The van der Waals surface area contributed by atoms with Gasteiger partial charge in [0.2, 0.25) is 0 Å². The molecule has 2 nitrogen and oxygen atoms in total. The van der Waals surface area contributed by atoms with E-state index >= 15 is 0 Å². The largest absolute Gasteiger partial charge is 0.390 e. The zero-order chi connectivity index (χ0) is 18.4. The van der Waals surface area contributed by atoms with Crippen molar-refractivity contribution in [2.75, 3.05) is 0 Å². The summed E-state index contributed by atoms with van der Waals surface area (Å²) in [6.45, 7) is 6.60. The summed E-state index contributed by atoms with van der Waals surface area (Å²) in [6, 6.07) is 0. The van der Waals surface area contributed by atoms with Crippen molar-refractivity contribution in [3.8, 4) is 0 Å². The minimum absolute atomic E-state index is 0.333. The molecule has 0 aromatic rings. The highest BCUT2D eigenvalue weighted by atomic mass is 79.9. The van der Waals surface area contributed by atoms with Crippen LogP contribution >= 0.6 is 15.9 Å². The SMILES string of the molecule is CCCCC(F)C(O)CCC1C(C)CC2OC(C(Br)CCCC)CC21. The Morgan fingerprint density at radius 1 is 1.12 bits per heavy atom. The molecule has 2 fully saturated rings. The van der Waals surface area contributed by atoms with Gasteiger partial charge in [-0.1, -0.05) is 62.4 Å². The Hall–Kier alpha value is 0.330. The number of aliphatic hydroxyl groups is 1. The predicted molar refractivity (Wildman–Crippen MR) is 106 cm³/mol. The van der Waals surface area contributed by atoms with Crippen molar-refractivity contribution in [1.29, 1.82) is 0 Å². The van der Waals surface area contributed by atoms with Crippen LogP contribution in [0, 0.1) is 17.8 Å². The van der Waals surface area contributed by atoms with Crippen molar-refractivity contribution in [3.63, 3.8) is 0 Å². The number of hydrogen-bond donors (Lipinski definition) is 1. The van der Waals surface area contributed by atoms with Gasteiger partial charge < -0.3 is 9.84 Å². The number of hydrogen-bond acceptors (Lipinski definition) is 2. The van der Waals surface area contributed by atoms with E-state index in [1.165, 1.54) is 19.3 Å². The molecule has 2 aliphatic rings. The molecule has 2 rings (SSSR count). The Morgan fingerprint density at radius 3 is 2.48 bits per heavy atom. The standard InChI is InChI=1S/C21H38BrFO2/c1-4-6-8-17(22)21-13-16-15(14(3)12-20(16)25-21)10-11-19(24)18(23)9-7-5-2/h14-21,24H,4-13H2,1-3H3. The maximum Gasteiger partial charge on any atom is 0.126 e. The first-order valence-electron chi connectivity index (χ1n) is 10.6. The van der Waals surface area contributed by atoms with Crippen molar-refractivity contribution in [2.24, 2.45) is 17.8 Å². The topological polar surface area (TPSA) is 29.5 Å². The minimum atomic E-state index is -1.05. The van der Waals surface area contributed by atoms with Crippen LogP contribution in [0.15, 0.2) is 0 Å². The van der Waals surface area contributed by atoms with E-state index in [2.05, 4.69) is 36.7 Å². The van der Waals surface area contributed by atoms with Crippen LogP contribution in [0.2, 0.25) is 0 Å². The molecular formula is C21H38BrFO2. The van der Waals surface area contributed by atoms with E-state index in [0.29, 0.717) is 47.6 Å². The summed E-state index contributed by atoms with van der Waals surface area (Å²) in [5.74, 6) is 1.80. The van der Waals surface area contributed by atoms with Gasteiger partial charge in [0.15, 0.2) is 0 Å². The first kappa shape index (κ1) is 21.6. The number of unbranched alkanes of at least 4 members (excludes halogenated alkanes) is 2. The van der Waals surface area contributed by atoms with Crippen molar-refractivity contribution < 1.29 is 14.2 Å². The zero-order valence-electron chi connectivity index (χ0n) is 16.3. The fourth-order valence-corrected chi connectivity index (χ4v) is 5.56. The highest BCUT2D eigenvalue weighted by Gasteiger charge is 2.48. The van der Waals surface area contributed by atoms with Crippen LogP contribution in [-0.4, -0.2) is 34.4 Å². The van der Waals surface area contributed by atoms with Gasteiger partial charge in [-0.2, -0.15) is 0 Å². The number of fused-ring (bicyclic) bond motifs is 1. The Kier molecular flexibility index (Phi) is 9.18. The highest BCUT2D eigenvalue weighted by Crippen LogP contribution is 2.49. The van der Waals surface area contributed by atoms with Crippen LogP contribution in [0.25, 0.3) is 0 Å². The Bertz CT molecular complexity index is 381. The molecule has 0 spiro atoms. The molecule has 4 heteroatoms. The molecule has 1 aliphatic heterocycles. The quantitative estimate of drug-likeness (QED) is 0.412. The van der Waals surface area contributed by atoms with Crippen molar-refractivity contribution >= 4 is 15.9 Å². The smallest absolute Gasteiger partial charge is 0.126 e. The van der Waals surface area contributed by atoms with Crippen LogP contribution in [-0.2, 0) is 4.74 Å². The van der Waals surface area contributed by atoms with E-state index < -0.39 is 12.3 Å². The maximum atomic E-state index is 14.0. The van der Waals surface area contributed by atoms with Gasteiger partial charge in [0.1, 0.15) is 6.17 Å². The monoisotopic (exact) mass is 420 g/mol. The van der Waals surface area contributed by atoms with Gasteiger partial charge in [-0.15, -0.1) is 0 Å². The third-order valence-electron chi connectivity index (χ3n) is 6.50. The summed E-state index contributed by atoms with van der Waals surface area (Å²) in [5.41, 5.74) is 0. The summed E-state index contributed by atoms with van der Waals surface area (Å²) < 4.78 is 20.4. The second-order valence-electron chi connectivity index (χ2n) is 8.45. The molecule has 1 saturated carbocycles. The number of halogens is 2. The molecule has 0 bridgehead atoms. The molecule has 1 saturated heterocycles. The molecule has 148 valence electrons. The molecule has 1 aliphatic carbocycles. The first-order valence-corrected chi connectivity index (χ1v) is 11.5. The maximum absolute atomic E-state index is 14.0. The van der Waals surface area contributed by atoms with Gasteiger partial charge in [-0.25, -0.2) is 4.39 Å². The Morgan fingerprint density at radius 2 is 1.80 bits per heavy atom. The molecule has 1 heterocycles. The second-order valence-corrected chi connectivity index (χ2v) is 9.63. The number of alkyl halides is 2. The molecule has 25 heavy (non-hydrogen) atoms. The van der Waals surface area contributed by atoms with E-state index in [9.17, 15) is 9.50 Å². The summed E-state index contributed by atoms with van der Waals surface area (Å²) in [7, 11) is 0. The van der Waals surface area contributed by atoms with Crippen LogP contribution in [0.5, 0.6) is 0 Å². The van der Waals surface area contributed by atoms with Crippen molar-refractivity contribution in [3.05, 3.63) is 0 Å².